The van der Waals surface area contributed by atoms with Crippen molar-refractivity contribution in [1.29, 1.82) is 0 Å². The van der Waals surface area contributed by atoms with E-state index >= 15 is 0 Å². The van der Waals surface area contributed by atoms with Crippen LogP contribution in [0.25, 0.3) is 0 Å². The lowest BCUT2D eigenvalue weighted by Gasteiger charge is -2.21. The molecule has 0 heterocycles. The second-order valence-corrected chi connectivity index (χ2v) is 6.75. The first-order valence-corrected chi connectivity index (χ1v) is 8.56. The summed E-state index contributed by atoms with van der Waals surface area (Å²) in [7, 11) is 0. The van der Waals surface area contributed by atoms with Gasteiger partial charge in [-0.1, -0.05) is 64.7 Å². The highest BCUT2D eigenvalue weighted by Crippen LogP contribution is 2.30. The largest absolute Gasteiger partial charge is 0.382 e. The molecule has 2 unspecified atom stereocenters. The molecule has 0 aliphatic heterocycles. The summed E-state index contributed by atoms with van der Waals surface area (Å²) in [6.07, 6.45) is 9.71. The van der Waals surface area contributed by atoms with E-state index in [0.29, 0.717) is 12.0 Å². The Morgan fingerprint density at radius 1 is 1.10 bits per heavy atom. The van der Waals surface area contributed by atoms with Gasteiger partial charge in [0.2, 0.25) is 0 Å². The highest BCUT2D eigenvalue weighted by atomic mass is 14.9. The molecule has 1 aromatic carbocycles. The quantitative estimate of drug-likeness (QED) is 0.652. The summed E-state index contributed by atoms with van der Waals surface area (Å²) in [6.45, 7) is 6.88. The molecule has 20 heavy (non-hydrogen) atoms. The molecule has 1 saturated carbocycles. The van der Waals surface area contributed by atoms with Crippen molar-refractivity contribution in [2.75, 3.05) is 5.32 Å². The average molecular weight is 273 g/mol. The molecule has 2 atom stereocenters. The van der Waals surface area contributed by atoms with Gasteiger partial charge in [-0.15, -0.1) is 0 Å². The Labute approximate surface area is 125 Å². The fourth-order valence-electron chi connectivity index (χ4n) is 3.57. The van der Waals surface area contributed by atoms with Crippen molar-refractivity contribution in [2.24, 2.45) is 5.92 Å². The van der Waals surface area contributed by atoms with Crippen LogP contribution in [0.5, 0.6) is 0 Å². The molecule has 0 amide bonds. The Balaban J connectivity index is 1.96. The van der Waals surface area contributed by atoms with Crippen LogP contribution in [0.2, 0.25) is 0 Å². The molecule has 1 aromatic rings. The van der Waals surface area contributed by atoms with Gasteiger partial charge in [0.05, 0.1) is 0 Å². The van der Waals surface area contributed by atoms with Gasteiger partial charge in [-0.2, -0.15) is 0 Å². The Morgan fingerprint density at radius 2 is 1.90 bits per heavy atom. The summed E-state index contributed by atoms with van der Waals surface area (Å²) in [6, 6.07) is 9.51. The van der Waals surface area contributed by atoms with Gasteiger partial charge in [-0.25, -0.2) is 0 Å². The predicted octanol–water partition coefficient (Wildman–Crippen LogP) is 5.97. The van der Waals surface area contributed by atoms with Crippen LogP contribution in [0.3, 0.4) is 0 Å². The first-order chi connectivity index (χ1) is 9.70. The maximum atomic E-state index is 3.83. The normalized spacial score (nSPS) is 23.6. The summed E-state index contributed by atoms with van der Waals surface area (Å²) in [5.41, 5.74) is 2.82. The maximum absolute atomic E-state index is 3.83. The first kappa shape index (κ1) is 15.4. The van der Waals surface area contributed by atoms with E-state index in [1.165, 1.54) is 56.2 Å². The molecule has 1 N–H and O–H groups in total. The van der Waals surface area contributed by atoms with Gasteiger partial charge in [0.15, 0.2) is 0 Å². The third-order valence-electron chi connectivity index (χ3n) is 4.73. The molecule has 1 fully saturated rings. The van der Waals surface area contributed by atoms with E-state index in [9.17, 15) is 0 Å². The van der Waals surface area contributed by atoms with Gasteiger partial charge < -0.3 is 5.32 Å². The summed E-state index contributed by atoms with van der Waals surface area (Å²) in [5.74, 6) is 1.57. The van der Waals surface area contributed by atoms with Crippen LogP contribution in [0.1, 0.15) is 77.2 Å². The van der Waals surface area contributed by atoms with Crippen LogP contribution in [-0.4, -0.2) is 6.04 Å². The predicted molar refractivity (Wildman–Crippen MR) is 89.4 cm³/mol. The van der Waals surface area contributed by atoms with Crippen LogP contribution in [0.15, 0.2) is 24.3 Å². The number of rotatable bonds is 5. The van der Waals surface area contributed by atoms with E-state index < -0.39 is 0 Å². The van der Waals surface area contributed by atoms with Gasteiger partial charge in [0.25, 0.3) is 0 Å². The summed E-state index contributed by atoms with van der Waals surface area (Å²) < 4.78 is 0. The molecule has 0 spiro atoms. The molecule has 1 nitrogen and oxygen atoms in total. The van der Waals surface area contributed by atoms with E-state index in [4.69, 9.17) is 0 Å². The van der Waals surface area contributed by atoms with Gasteiger partial charge in [0.1, 0.15) is 0 Å². The molecule has 0 bridgehead atoms. The first-order valence-electron chi connectivity index (χ1n) is 8.56. The van der Waals surface area contributed by atoms with Crippen molar-refractivity contribution in [3.63, 3.8) is 0 Å². The molecule has 0 saturated heterocycles. The van der Waals surface area contributed by atoms with Crippen molar-refractivity contribution in [3.8, 4) is 0 Å². The molecule has 0 radical (unpaired) electrons. The van der Waals surface area contributed by atoms with Crippen LogP contribution >= 0.6 is 0 Å². The van der Waals surface area contributed by atoms with Gasteiger partial charge in [0, 0.05) is 11.7 Å². The smallest absolute Gasteiger partial charge is 0.0377 e. The molecule has 1 aliphatic rings. The van der Waals surface area contributed by atoms with E-state index in [0.717, 1.165) is 5.92 Å². The fourth-order valence-corrected chi connectivity index (χ4v) is 3.57. The zero-order valence-electron chi connectivity index (χ0n) is 13.5. The van der Waals surface area contributed by atoms with Crippen molar-refractivity contribution in [2.45, 2.75) is 77.7 Å². The zero-order valence-corrected chi connectivity index (χ0v) is 13.5. The summed E-state index contributed by atoms with van der Waals surface area (Å²) in [5, 5.41) is 3.83. The lowest BCUT2D eigenvalue weighted by atomic mass is 9.95. The minimum absolute atomic E-state index is 0.595. The number of anilines is 1. The average Bonchev–Trinajstić information content (AvgIpc) is 2.65. The van der Waals surface area contributed by atoms with Crippen LogP contribution < -0.4 is 5.32 Å². The van der Waals surface area contributed by atoms with Crippen molar-refractivity contribution >= 4 is 5.69 Å². The van der Waals surface area contributed by atoms with Gasteiger partial charge in [-0.3, -0.25) is 0 Å². The van der Waals surface area contributed by atoms with E-state index in [2.05, 4.69) is 50.4 Å². The molecule has 0 aromatic heterocycles. The number of hydrogen-bond donors (Lipinski definition) is 1. The van der Waals surface area contributed by atoms with Crippen LogP contribution in [0.4, 0.5) is 5.69 Å². The highest BCUT2D eigenvalue weighted by Gasteiger charge is 2.19. The zero-order chi connectivity index (χ0) is 14.4. The van der Waals surface area contributed by atoms with E-state index in [-0.39, 0.29) is 0 Å². The Hall–Kier alpha value is -0.980. The van der Waals surface area contributed by atoms with E-state index in [1.807, 2.05) is 0 Å². The molecule has 2 rings (SSSR count). The minimum Gasteiger partial charge on any atom is -0.382 e. The Kier molecular flexibility index (Phi) is 5.94. The van der Waals surface area contributed by atoms with Crippen molar-refractivity contribution < 1.29 is 0 Å². The summed E-state index contributed by atoms with van der Waals surface area (Å²) in [4.78, 5) is 0. The van der Waals surface area contributed by atoms with Crippen molar-refractivity contribution in [3.05, 3.63) is 29.8 Å². The molecule has 112 valence electrons. The topological polar surface area (TPSA) is 12.0 Å². The van der Waals surface area contributed by atoms with E-state index in [1.54, 1.807) is 0 Å². The number of benzene rings is 1. The lowest BCUT2D eigenvalue weighted by molar-refractivity contribution is 0.422. The molecular formula is C19H31N. The SMILES string of the molecule is CCCC1CCCC(Nc2ccccc2C(C)C)CC1. The monoisotopic (exact) mass is 273 g/mol. The minimum atomic E-state index is 0.595. The third kappa shape index (κ3) is 4.26. The van der Waals surface area contributed by atoms with Gasteiger partial charge >= 0.3 is 0 Å². The standard InChI is InChI=1S/C19H31N/c1-4-8-16-9-7-10-17(14-13-16)20-19-12-6-5-11-18(19)15(2)3/h5-6,11-12,15-17,20H,4,7-10,13-14H2,1-3H3. The number of hydrogen-bond acceptors (Lipinski definition) is 1. The van der Waals surface area contributed by atoms with Crippen LogP contribution in [0, 0.1) is 5.92 Å². The number of nitrogens with one attached hydrogen (secondary N) is 1. The Morgan fingerprint density at radius 3 is 2.65 bits per heavy atom. The molecule has 1 aliphatic carbocycles. The second kappa shape index (κ2) is 7.71. The second-order valence-electron chi connectivity index (χ2n) is 6.75. The maximum Gasteiger partial charge on any atom is 0.0377 e. The van der Waals surface area contributed by atoms with Crippen LogP contribution in [-0.2, 0) is 0 Å². The molecule has 1 heteroatoms. The third-order valence-corrected chi connectivity index (χ3v) is 4.73. The molecular weight excluding hydrogens is 242 g/mol. The fraction of sp³-hybridized carbons (Fsp3) is 0.684. The lowest BCUT2D eigenvalue weighted by Crippen LogP contribution is -2.19. The van der Waals surface area contributed by atoms with Crippen molar-refractivity contribution in [1.82, 2.24) is 0 Å². The van der Waals surface area contributed by atoms with Gasteiger partial charge in [-0.05, 0) is 42.7 Å². The highest BCUT2D eigenvalue weighted by molar-refractivity contribution is 5.53. The number of para-hydroxylation sites is 1. The summed E-state index contributed by atoms with van der Waals surface area (Å²) >= 11 is 0. The Bertz CT molecular complexity index is 397.